The minimum Gasteiger partial charge on any atom is -0.401 e. The van der Waals surface area contributed by atoms with Crippen molar-refractivity contribution in [3.8, 4) is 10.6 Å². The molecule has 0 saturated carbocycles. The molecular weight excluding hydrogens is 326 g/mol. The summed E-state index contributed by atoms with van der Waals surface area (Å²) in [5.41, 5.74) is 11.9. The molecule has 3 rings (SSSR count). The van der Waals surface area contributed by atoms with Crippen LogP contribution in [0.25, 0.3) is 16.3 Å². The molecule has 0 radical (unpaired) electrons. The van der Waals surface area contributed by atoms with E-state index < -0.39 is 0 Å². The highest BCUT2D eigenvalue weighted by atomic mass is 32.1. The molecule has 4 heteroatoms. The zero-order chi connectivity index (χ0) is 17.8. The van der Waals surface area contributed by atoms with Gasteiger partial charge in [-0.05, 0) is 20.8 Å². The molecule has 126 valence electrons. The highest BCUT2D eigenvalue weighted by molar-refractivity contribution is 7.17. The molecule has 1 heterocycles. The van der Waals surface area contributed by atoms with Gasteiger partial charge in [0.1, 0.15) is 5.01 Å². The second kappa shape index (κ2) is 7.45. The summed E-state index contributed by atoms with van der Waals surface area (Å²) >= 11 is 1.64. The predicted molar refractivity (Wildman–Crippen MR) is 108 cm³/mol. The van der Waals surface area contributed by atoms with Gasteiger partial charge in [0.15, 0.2) is 0 Å². The molecule has 25 heavy (non-hydrogen) atoms. The van der Waals surface area contributed by atoms with Gasteiger partial charge in [-0.3, -0.25) is 0 Å². The fourth-order valence-electron chi connectivity index (χ4n) is 2.47. The Morgan fingerprint density at radius 2 is 1.68 bits per heavy atom. The van der Waals surface area contributed by atoms with Gasteiger partial charge in [-0.25, -0.2) is 9.98 Å². The standard InChI is InChI=1S/C21H21N3S/c1-14-9-11-18(12-10-14)21-23-13-19(25-21)16(3)24-20(15(2)22)17-7-5-4-6-8-17/h4-13H,22H2,1-3H3/b20-15-,24-16?. The van der Waals surface area contributed by atoms with Crippen molar-refractivity contribution in [2.24, 2.45) is 10.7 Å². The molecule has 2 aromatic carbocycles. The van der Waals surface area contributed by atoms with Crippen LogP contribution in [0.3, 0.4) is 0 Å². The highest BCUT2D eigenvalue weighted by Gasteiger charge is 2.09. The Morgan fingerprint density at radius 1 is 1.00 bits per heavy atom. The zero-order valence-corrected chi connectivity index (χ0v) is 15.5. The SMILES string of the molecule is CC(=N/C(=C(/C)N)c1ccccc1)c1cnc(-c2ccc(C)cc2)s1. The summed E-state index contributed by atoms with van der Waals surface area (Å²) in [6.45, 7) is 5.96. The van der Waals surface area contributed by atoms with E-state index >= 15 is 0 Å². The Morgan fingerprint density at radius 3 is 2.32 bits per heavy atom. The second-order valence-corrected chi connectivity index (χ2v) is 7.02. The van der Waals surface area contributed by atoms with Crippen molar-refractivity contribution in [2.45, 2.75) is 20.8 Å². The number of allylic oxidation sites excluding steroid dienone is 1. The van der Waals surface area contributed by atoms with Gasteiger partial charge >= 0.3 is 0 Å². The maximum absolute atomic E-state index is 6.07. The van der Waals surface area contributed by atoms with Gasteiger partial charge in [0.25, 0.3) is 0 Å². The van der Waals surface area contributed by atoms with E-state index in [9.17, 15) is 0 Å². The number of aliphatic imine (C=N–C) groups is 1. The van der Waals surface area contributed by atoms with E-state index in [4.69, 9.17) is 10.7 Å². The molecular formula is C21H21N3S. The van der Waals surface area contributed by atoms with Crippen LogP contribution in [0.4, 0.5) is 0 Å². The number of hydrogen-bond acceptors (Lipinski definition) is 4. The first kappa shape index (κ1) is 17.1. The van der Waals surface area contributed by atoms with Gasteiger partial charge in [-0.15, -0.1) is 11.3 Å². The van der Waals surface area contributed by atoms with Crippen LogP contribution in [-0.4, -0.2) is 10.7 Å². The third-order valence-electron chi connectivity index (χ3n) is 3.86. The van der Waals surface area contributed by atoms with Gasteiger partial charge in [0.2, 0.25) is 0 Å². The summed E-state index contributed by atoms with van der Waals surface area (Å²) in [4.78, 5) is 10.4. The average Bonchev–Trinajstić information content (AvgIpc) is 3.11. The molecule has 0 spiro atoms. The second-order valence-electron chi connectivity index (χ2n) is 5.99. The normalized spacial score (nSPS) is 12.8. The quantitative estimate of drug-likeness (QED) is 0.653. The van der Waals surface area contributed by atoms with Crippen molar-refractivity contribution < 1.29 is 0 Å². The van der Waals surface area contributed by atoms with Gasteiger partial charge in [0, 0.05) is 23.0 Å². The predicted octanol–water partition coefficient (Wildman–Crippen LogP) is 5.27. The number of thiazole rings is 1. The fraction of sp³-hybridized carbons (Fsp3) is 0.143. The lowest BCUT2D eigenvalue weighted by Crippen LogP contribution is -1.99. The van der Waals surface area contributed by atoms with Crippen molar-refractivity contribution in [3.63, 3.8) is 0 Å². The van der Waals surface area contributed by atoms with E-state index in [-0.39, 0.29) is 0 Å². The van der Waals surface area contributed by atoms with Crippen molar-refractivity contribution in [2.75, 3.05) is 0 Å². The lowest BCUT2D eigenvalue weighted by molar-refractivity contribution is 1.28. The molecule has 0 aliphatic carbocycles. The number of nitrogens with two attached hydrogens (primary N) is 1. The van der Waals surface area contributed by atoms with E-state index in [0.717, 1.165) is 32.4 Å². The first-order chi connectivity index (χ1) is 12.0. The molecule has 0 amide bonds. The van der Waals surface area contributed by atoms with Crippen LogP contribution in [0.1, 0.15) is 29.9 Å². The highest BCUT2D eigenvalue weighted by Crippen LogP contribution is 2.27. The lowest BCUT2D eigenvalue weighted by atomic mass is 10.1. The van der Waals surface area contributed by atoms with E-state index in [1.54, 1.807) is 11.3 Å². The van der Waals surface area contributed by atoms with E-state index in [0.29, 0.717) is 5.70 Å². The number of nitrogens with zero attached hydrogens (tertiary/aromatic N) is 2. The fourth-order valence-corrected chi connectivity index (χ4v) is 3.34. The summed E-state index contributed by atoms with van der Waals surface area (Å²) < 4.78 is 0. The van der Waals surface area contributed by atoms with Crippen molar-refractivity contribution in [1.29, 1.82) is 0 Å². The molecule has 1 aromatic heterocycles. The van der Waals surface area contributed by atoms with Crippen molar-refractivity contribution >= 4 is 22.7 Å². The number of aromatic nitrogens is 1. The number of rotatable bonds is 4. The topological polar surface area (TPSA) is 51.3 Å². The van der Waals surface area contributed by atoms with Gasteiger partial charge in [-0.1, -0.05) is 60.2 Å². The third-order valence-corrected chi connectivity index (χ3v) is 5.02. The maximum atomic E-state index is 6.07. The minimum absolute atomic E-state index is 0.703. The number of hydrogen-bond donors (Lipinski definition) is 1. The first-order valence-electron chi connectivity index (χ1n) is 8.15. The van der Waals surface area contributed by atoms with Crippen molar-refractivity contribution in [3.05, 3.63) is 82.5 Å². The van der Waals surface area contributed by atoms with Crippen LogP contribution in [0.15, 0.2) is 71.5 Å². The largest absolute Gasteiger partial charge is 0.401 e. The van der Waals surface area contributed by atoms with Crippen LogP contribution in [0.2, 0.25) is 0 Å². The Kier molecular flexibility index (Phi) is 5.10. The Labute approximate surface area is 152 Å². The molecule has 0 saturated heterocycles. The smallest absolute Gasteiger partial charge is 0.123 e. The van der Waals surface area contributed by atoms with Crippen LogP contribution in [0, 0.1) is 6.92 Å². The van der Waals surface area contributed by atoms with E-state index in [2.05, 4.69) is 36.2 Å². The molecule has 0 bridgehead atoms. The maximum Gasteiger partial charge on any atom is 0.123 e. The average molecular weight is 347 g/mol. The van der Waals surface area contributed by atoms with Crippen LogP contribution in [0.5, 0.6) is 0 Å². The van der Waals surface area contributed by atoms with E-state index in [1.165, 1.54) is 5.56 Å². The van der Waals surface area contributed by atoms with Crippen LogP contribution in [-0.2, 0) is 0 Å². The van der Waals surface area contributed by atoms with E-state index in [1.807, 2.05) is 50.4 Å². The Bertz CT molecular complexity index is 915. The Hall–Kier alpha value is -2.72. The summed E-state index contributed by atoms with van der Waals surface area (Å²) in [6, 6.07) is 18.4. The summed E-state index contributed by atoms with van der Waals surface area (Å²) in [5.74, 6) is 0. The summed E-state index contributed by atoms with van der Waals surface area (Å²) in [5, 5.41) is 0.999. The minimum atomic E-state index is 0.703. The molecule has 2 N–H and O–H groups in total. The number of aryl methyl sites for hydroxylation is 1. The van der Waals surface area contributed by atoms with Gasteiger partial charge < -0.3 is 5.73 Å². The van der Waals surface area contributed by atoms with Crippen LogP contribution < -0.4 is 5.73 Å². The molecule has 0 aliphatic heterocycles. The molecule has 0 aliphatic rings. The van der Waals surface area contributed by atoms with Gasteiger partial charge in [0.05, 0.1) is 16.3 Å². The first-order valence-corrected chi connectivity index (χ1v) is 8.96. The Balaban J connectivity index is 1.92. The van der Waals surface area contributed by atoms with Crippen molar-refractivity contribution in [1.82, 2.24) is 4.98 Å². The number of benzene rings is 2. The third kappa shape index (κ3) is 4.03. The van der Waals surface area contributed by atoms with Gasteiger partial charge in [-0.2, -0.15) is 0 Å². The molecule has 0 fully saturated rings. The summed E-state index contributed by atoms with van der Waals surface area (Å²) in [6.07, 6.45) is 1.88. The van der Waals surface area contributed by atoms with Crippen LogP contribution >= 0.6 is 11.3 Å². The molecule has 3 aromatic rings. The molecule has 3 nitrogen and oxygen atoms in total. The zero-order valence-electron chi connectivity index (χ0n) is 14.7. The molecule has 0 unspecified atom stereocenters. The molecule has 0 atom stereocenters. The lowest BCUT2D eigenvalue weighted by Gasteiger charge is -2.06. The monoisotopic (exact) mass is 347 g/mol. The summed E-state index contributed by atoms with van der Waals surface area (Å²) in [7, 11) is 0.